The minimum Gasteiger partial charge on any atom is -0.464 e. The molecule has 5 N–H and O–H groups in total. The minimum atomic E-state index is -1.24. The number of imidazole rings is 1. The normalized spacial score (nSPS) is 12.3. The largest absolute Gasteiger partial charge is 0.464 e. The molecular formula is C28H34N6O7. The molecule has 218 valence electrons. The molecule has 2 heterocycles. The molecule has 41 heavy (non-hydrogen) atoms. The van der Waals surface area contributed by atoms with Gasteiger partial charge in [0.2, 0.25) is 11.8 Å². The van der Waals surface area contributed by atoms with Crippen LogP contribution in [-0.4, -0.2) is 56.4 Å². The van der Waals surface area contributed by atoms with Gasteiger partial charge < -0.3 is 30.8 Å². The Hall–Kier alpha value is -4.94. The average molecular weight is 567 g/mol. The number of methoxy groups -OCH3 is 1. The second kappa shape index (κ2) is 12.9. The van der Waals surface area contributed by atoms with Gasteiger partial charge in [-0.05, 0) is 54.5 Å². The number of aromatic nitrogens is 3. The molecule has 0 fully saturated rings. The number of para-hydroxylation sites is 1. The molecule has 0 unspecified atom stereocenters. The van der Waals surface area contributed by atoms with Crippen LogP contribution in [0.3, 0.4) is 0 Å². The van der Waals surface area contributed by atoms with Crippen LogP contribution in [0.5, 0.6) is 0 Å². The van der Waals surface area contributed by atoms with Crippen molar-refractivity contribution >= 4 is 40.7 Å². The average Bonchev–Trinajstić information content (AvgIpc) is 3.26. The predicted molar refractivity (Wildman–Crippen MR) is 152 cm³/mol. The van der Waals surface area contributed by atoms with Crippen molar-refractivity contribution in [2.75, 3.05) is 12.4 Å². The van der Waals surface area contributed by atoms with E-state index in [1.807, 2.05) is 6.07 Å². The van der Waals surface area contributed by atoms with Gasteiger partial charge in [-0.2, -0.15) is 0 Å². The van der Waals surface area contributed by atoms with Gasteiger partial charge in [-0.1, -0.05) is 39.0 Å². The van der Waals surface area contributed by atoms with Gasteiger partial charge in [-0.3, -0.25) is 14.4 Å². The smallest absolute Gasteiger partial charge is 0.417 e. The fourth-order valence-corrected chi connectivity index (χ4v) is 4.30. The molecule has 0 radical (unpaired) electrons. The molecule has 0 aliphatic rings. The van der Waals surface area contributed by atoms with E-state index >= 15 is 0 Å². The van der Waals surface area contributed by atoms with E-state index in [1.165, 1.54) is 29.0 Å². The number of carboxylic acid groups (broad SMARTS) is 1. The molecule has 2 aromatic heterocycles. The van der Waals surface area contributed by atoms with Crippen LogP contribution in [0.1, 0.15) is 45.0 Å². The van der Waals surface area contributed by atoms with E-state index < -0.39 is 35.6 Å². The Morgan fingerprint density at radius 2 is 1.90 bits per heavy atom. The van der Waals surface area contributed by atoms with Crippen molar-refractivity contribution in [2.45, 2.75) is 52.6 Å². The Kier molecular flexibility index (Phi) is 9.66. The second-order valence-corrected chi connectivity index (χ2v) is 10.6. The van der Waals surface area contributed by atoms with Gasteiger partial charge in [-0.15, -0.1) is 0 Å². The summed E-state index contributed by atoms with van der Waals surface area (Å²) in [6.07, 6.45) is 2.94. The lowest BCUT2D eigenvalue weighted by Gasteiger charge is -2.18. The van der Waals surface area contributed by atoms with Crippen molar-refractivity contribution in [3.63, 3.8) is 0 Å². The summed E-state index contributed by atoms with van der Waals surface area (Å²) < 4.78 is 6.86. The van der Waals surface area contributed by atoms with E-state index in [-0.39, 0.29) is 36.3 Å². The molecular weight excluding hydrogens is 532 g/mol. The first-order valence-electron chi connectivity index (χ1n) is 12.8. The van der Waals surface area contributed by atoms with Crippen molar-refractivity contribution in [1.82, 2.24) is 19.4 Å². The fraction of sp³-hybridized carbons (Fsp3) is 0.357. The number of hydrogen-bond acceptors (Lipinski definition) is 7. The third-order valence-electron chi connectivity index (χ3n) is 6.04. The Balaban J connectivity index is 1.91. The number of anilines is 1. The Labute approximate surface area is 236 Å². The summed E-state index contributed by atoms with van der Waals surface area (Å²) in [5.74, 6) is -1.22. The van der Waals surface area contributed by atoms with Crippen molar-refractivity contribution in [3.05, 3.63) is 70.4 Å². The topological polar surface area (TPSA) is 188 Å². The van der Waals surface area contributed by atoms with Crippen LogP contribution in [0.15, 0.2) is 53.5 Å². The van der Waals surface area contributed by atoms with Crippen LogP contribution in [0, 0.1) is 5.41 Å². The molecule has 13 nitrogen and oxygen atoms in total. The Morgan fingerprint density at radius 1 is 1.17 bits per heavy atom. The number of carbonyl (C=O) groups is 4. The van der Waals surface area contributed by atoms with Crippen LogP contribution >= 0.6 is 0 Å². The zero-order valence-electron chi connectivity index (χ0n) is 23.3. The van der Waals surface area contributed by atoms with Crippen molar-refractivity contribution in [3.8, 4) is 0 Å². The summed E-state index contributed by atoms with van der Waals surface area (Å²) in [6.45, 7) is 6.04. The summed E-state index contributed by atoms with van der Waals surface area (Å²) in [5, 5.41) is 14.9. The number of amides is 3. The SMILES string of the molecule is COC(=O)N[C@@H](CC/C=C/C(N)=O)C(=O)Nc1cccn(Cc2nc3c(CC(C)(C)C)cccc3n2C(=O)O)c1=O. The molecule has 3 rings (SSSR count). The van der Waals surface area contributed by atoms with Crippen LogP contribution < -0.4 is 21.9 Å². The number of nitrogens with one attached hydrogen (secondary N) is 2. The van der Waals surface area contributed by atoms with Gasteiger partial charge in [0.1, 0.15) is 17.6 Å². The highest BCUT2D eigenvalue weighted by atomic mass is 16.5. The number of alkyl carbamates (subject to hydrolysis) is 1. The molecule has 13 heteroatoms. The maximum absolute atomic E-state index is 13.3. The van der Waals surface area contributed by atoms with E-state index in [4.69, 9.17) is 5.73 Å². The molecule has 0 bridgehead atoms. The van der Waals surface area contributed by atoms with Gasteiger partial charge in [-0.25, -0.2) is 19.1 Å². The number of rotatable bonds is 10. The highest BCUT2D eigenvalue weighted by molar-refractivity contribution is 5.96. The van der Waals surface area contributed by atoms with Crippen molar-refractivity contribution in [1.29, 1.82) is 0 Å². The summed E-state index contributed by atoms with van der Waals surface area (Å²) in [5.41, 5.74) is 6.15. The zero-order chi connectivity index (χ0) is 30.3. The van der Waals surface area contributed by atoms with Crippen LogP contribution in [-0.2, 0) is 27.3 Å². The van der Waals surface area contributed by atoms with E-state index in [0.717, 1.165) is 23.3 Å². The van der Waals surface area contributed by atoms with E-state index in [1.54, 1.807) is 12.1 Å². The summed E-state index contributed by atoms with van der Waals surface area (Å²) in [7, 11) is 1.14. The number of fused-ring (bicyclic) bond motifs is 1. The molecule has 3 aromatic rings. The maximum atomic E-state index is 13.3. The molecule has 1 atom stereocenters. The number of hydrogen-bond donors (Lipinski definition) is 4. The predicted octanol–water partition coefficient (Wildman–Crippen LogP) is 2.85. The standard InChI is InChI=1S/C28H34N6O7/c1-28(2,3)15-17-9-7-12-20-23(17)32-22(34(20)27(39)40)16-33-14-8-11-19(25(33)37)30-24(36)18(31-26(38)41-4)10-5-6-13-21(29)35/h6-9,11-14,18H,5,10,15-16H2,1-4H3,(H2,29,35)(H,30,36)(H,31,38)(H,39,40)/b13-6+/t18-/m0/s1. The van der Waals surface area contributed by atoms with Crippen LogP contribution in [0.25, 0.3) is 11.0 Å². The van der Waals surface area contributed by atoms with Crippen molar-refractivity contribution < 1.29 is 29.0 Å². The monoisotopic (exact) mass is 566 g/mol. The molecule has 0 saturated heterocycles. The number of pyridine rings is 1. The minimum absolute atomic E-state index is 0.0658. The molecule has 0 saturated carbocycles. The number of carbonyl (C=O) groups excluding carboxylic acids is 3. The van der Waals surface area contributed by atoms with Gasteiger partial charge in [0.15, 0.2) is 0 Å². The lowest BCUT2D eigenvalue weighted by molar-refractivity contribution is -0.118. The summed E-state index contributed by atoms with van der Waals surface area (Å²) in [4.78, 5) is 65.8. The molecule has 0 spiro atoms. The highest BCUT2D eigenvalue weighted by Crippen LogP contribution is 2.27. The second-order valence-electron chi connectivity index (χ2n) is 10.6. The first-order chi connectivity index (χ1) is 19.3. The lowest BCUT2D eigenvalue weighted by Crippen LogP contribution is -2.44. The number of ether oxygens (including phenoxy) is 1. The van der Waals surface area contributed by atoms with Crippen LogP contribution in [0.4, 0.5) is 15.3 Å². The third-order valence-corrected chi connectivity index (χ3v) is 6.04. The number of primary amides is 1. The van der Waals surface area contributed by atoms with Gasteiger partial charge in [0.25, 0.3) is 5.56 Å². The molecule has 1 aromatic carbocycles. The number of nitrogens with two attached hydrogens (primary N) is 1. The Bertz CT molecular complexity index is 1550. The first-order valence-corrected chi connectivity index (χ1v) is 12.8. The number of nitrogens with zero attached hydrogens (tertiary/aromatic N) is 3. The van der Waals surface area contributed by atoms with E-state index in [0.29, 0.717) is 17.5 Å². The number of allylic oxidation sites excluding steroid dienone is 1. The van der Waals surface area contributed by atoms with Crippen LogP contribution in [0.2, 0.25) is 0 Å². The Morgan fingerprint density at radius 3 is 2.54 bits per heavy atom. The molecule has 0 aliphatic carbocycles. The van der Waals surface area contributed by atoms with Gasteiger partial charge >= 0.3 is 12.2 Å². The highest BCUT2D eigenvalue weighted by Gasteiger charge is 2.23. The molecule has 0 aliphatic heterocycles. The van der Waals surface area contributed by atoms with E-state index in [2.05, 4.69) is 41.1 Å². The van der Waals surface area contributed by atoms with Gasteiger partial charge in [0, 0.05) is 6.20 Å². The quantitative estimate of drug-likeness (QED) is 0.270. The van der Waals surface area contributed by atoms with Gasteiger partial charge in [0.05, 0.1) is 24.7 Å². The summed E-state index contributed by atoms with van der Waals surface area (Å²) >= 11 is 0. The van der Waals surface area contributed by atoms with Crippen molar-refractivity contribution in [2.24, 2.45) is 11.1 Å². The zero-order valence-corrected chi connectivity index (χ0v) is 23.3. The fourth-order valence-electron chi connectivity index (χ4n) is 4.30. The third kappa shape index (κ3) is 8.03. The lowest BCUT2D eigenvalue weighted by atomic mass is 9.88. The molecule has 3 amide bonds. The number of benzene rings is 1. The summed E-state index contributed by atoms with van der Waals surface area (Å²) in [6, 6.07) is 7.17. The maximum Gasteiger partial charge on any atom is 0.417 e. The first kappa shape index (κ1) is 30.6. The van der Waals surface area contributed by atoms with E-state index in [9.17, 15) is 29.1 Å².